The van der Waals surface area contributed by atoms with E-state index in [2.05, 4.69) is 53.0 Å². The van der Waals surface area contributed by atoms with Crippen LogP contribution in [0.5, 0.6) is 0 Å². The fourth-order valence-corrected chi connectivity index (χ4v) is 7.09. The fraction of sp³-hybridized carbons (Fsp3) is 0.933. The van der Waals surface area contributed by atoms with Gasteiger partial charge in [0.05, 0.1) is 25.4 Å². The number of allylic oxidation sites excluding steroid dienone is 1. The Morgan fingerprint density at radius 1 is 0.551 bits per heavy atom. The van der Waals surface area contributed by atoms with Crippen LogP contribution in [0.25, 0.3) is 0 Å². The molecule has 1 unspecified atom stereocenters. The van der Waals surface area contributed by atoms with Crippen LogP contribution in [0.4, 0.5) is 0 Å². The molecule has 0 amide bonds. The maximum atomic E-state index is 12.3. The van der Waals surface area contributed by atoms with Crippen LogP contribution in [0, 0.1) is 11.3 Å². The molecule has 0 radical (unpaired) electrons. The summed E-state index contributed by atoms with van der Waals surface area (Å²) in [5.41, 5.74) is -0.195. The molecule has 0 aromatic heterocycles. The Kier molecular flexibility index (Phi) is 34.6. The normalized spacial score (nSPS) is 12.5. The highest BCUT2D eigenvalue weighted by atomic mass is 16.5. The summed E-state index contributed by atoms with van der Waals surface area (Å²) in [6, 6.07) is 0. The molecule has 0 heterocycles. The van der Waals surface area contributed by atoms with Crippen LogP contribution in [-0.2, 0) is 14.3 Å². The molecule has 0 aliphatic carbocycles. The van der Waals surface area contributed by atoms with E-state index in [1.165, 1.54) is 174 Å². The van der Waals surface area contributed by atoms with E-state index < -0.39 is 0 Å². The maximum Gasteiger partial charge on any atom is 0.306 e. The third kappa shape index (κ3) is 35.2. The maximum absolute atomic E-state index is 12.3. The number of hydrogen-bond acceptors (Lipinski definition) is 4. The summed E-state index contributed by atoms with van der Waals surface area (Å²) in [6.07, 6.45) is 37.2. The SMILES string of the molecule is C=C(CC(C)(C)CC(=O)OCCCCCCC)OCCCCCCN(CCCCCCCCCCC)CC(C)CCCCCCCCCC. The summed E-state index contributed by atoms with van der Waals surface area (Å²) in [5.74, 6) is 1.51. The van der Waals surface area contributed by atoms with Crippen molar-refractivity contribution >= 4 is 5.97 Å². The molecule has 0 spiro atoms. The third-order valence-corrected chi connectivity index (χ3v) is 10.2. The number of unbranched alkanes of at least 4 members (excludes halogenated alkanes) is 22. The van der Waals surface area contributed by atoms with Crippen LogP contribution >= 0.6 is 0 Å². The summed E-state index contributed by atoms with van der Waals surface area (Å²) in [5, 5.41) is 0. The van der Waals surface area contributed by atoms with Gasteiger partial charge in [0.2, 0.25) is 0 Å². The molecule has 49 heavy (non-hydrogen) atoms. The van der Waals surface area contributed by atoms with E-state index in [1.54, 1.807) is 0 Å². The van der Waals surface area contributed by atoms with Gasteiger partial charge < -0.3 is 14.4 Å². The number of carbonyl (C=O) groups is 1. The summed E-state index contributed by atoms with van der Waals surface area (Å²) in [4.78, 5) is 15.1. The Bertz CT molecular complexity index is 720. The number of carbonyl (C=O) groups excluding carboxylic acids is 1. The third-order valence-electron chi connectivity index (χ3n) is 10.2. The lowest BCUT2D eigenvalue weighted by Gasteiger charge is -2.26. The minimum Gasteiger partial charge on any atom is -0.499 e. The first-order valence-electron chi connectivity index (χ1n) is 21.9. The zero-order valence-corrected chi connectivity index (χ0v) is 34.5. The van der Waals surface area contributed by atoms with E-state index in [1.807, 2.05) is 0 Å². The fourth-order valence-electron chi connectivity index (χ4n) is 7.09. The van der Waals surface area contributed by atoms with Gasteiger partial charge in [-0.05, 0) is 56.5 Å². The van der Waals surface area contributed by atoms with E-state index in [0.29, 0.717) is 19.4 Å². The predicted octanol–water partition coefficient (Wildman–Crippen LogP) is 14.4. The van der Waals surface area contributed by atoms with Crippen molar-refractivity contribution in [3.63, 3.8) is 0 Å². The zero-order valence-electron chi connectivity index (χ0n) is 34.5. The van der Waals surface area contributed by atoms with Crippen molar-refractivity contribution < 1.29 is 14.3 Å². The highest BCUT2D eigenvalue weighted by molar-refractivity contribution is 5.70. The Morgan fingerprint density at radius 3 is 1.41 bits per heavy atom. The van der Waals surface area contributed by atoms with Crippen molar-refractivity contribution in [1.82, 2.24) is 4.90 Å². The topological polar surface area (TPSA) is 38.8 Å². The summed E-state index contributed by atoms with van der Waals surface area (Å²) >= 11 is 0. The molecule has 0 saturated carbocycles. The first-order chi connectivity index (χ1) is 23.7. The van der Waals surface area contributed by atoms with E-state index >= 15 is 0 Å². The molecule has 0 N–H and O–H groups in total. The number of nitrogens with zero attached hydrogens (tertiary/aromatic N) is 1. The van der Waals surface area contributed by atoms with Gasteiger partial charge in [0.1, 0.15) is 0 Å². The summed E-state index contributed by atoms with van der Waals surface area (Å²) in [6.45, 7) is 22.8. The second kappa shape index (κ2) is 35.4. The van der Waals surface area contributed by atoms with Gasteiger partial charge in [-0.25, -0.2) is 0 Å². The highest BCUT2D eigenvalue weighted by Crippen LogP contribution is 2.29. The standard InChI is InChI=1S/C45H89NO3/c1-8-11-14-17-19-21-23-25-30-35-46(41-42(4)34-29-24-22-20-18-15-12-9-2)36-31-26-28-32-37-48-43(5)39-45(6,7)40-44(47)49-38-33-27-16-13-10-3/h42H,5,8-41H2,1-4,6-7H3. The molecular formula is C45H89NO3. The second-order valence-electron chi connectivity index (χ2n) is 16.5. The lowest BCUT2D eigenvalue weighted by Crippen LogP contribution is -2.30. The lowest BCUT2D eigenvalue weighted by atomic mass is 9.85. The molecule has 0 aliphatic heterocycles. The van der Waals surface area contributed by atoms with Crippen molar-refractivity contribution in [2.45, 2.75) is 228 Å². The van der Waals surface area contributed by atoms with Gasteiger partial charge in [-0.3, -0.25) is 4.79 Å². The largest absolute Gasteiger partial charge is 0.499 e. The number of rotatable bonds is 39. The van der Waals surface area contributed by atoms with Gasteiger partial charge in [0.25, 0.3) is 0 Å². The molecule has 4 nitrogen and oxygen atoms in total. The van der Waals surface area contributed by atoms with Crippen LogP contribution in [0.15, 0.2) is 12.3 Å². The van der Waals surface area contributed by atoms with Gasteiger partial charge in [-0.1, -0.05) is 189 Å². The minimum absolute atomic E-state index is 0.0947. The molecule has 292 valence electrons. The monoisotopic (exact) mass is 692 g/mol. The van der Waals surface area contributed by atoms with Gasteiger partial charge in [-0.2, -0.15) is 0 Å². The molecule has 0 aliphatic rings. The zero-order chi connectivity index (χ0) is 36.3. The number of ether oxygens (including phenoxy) is 2. The van der Waals surface area contributed by atoms with Gasteiger partial charge >= 0.3 is 5.97 Å². The molecule has 4 heteroatoms. The first-order valence-corrected chi connectivity index (χ1v) is 21.9. The van der Waals surface area contributed by atoms with Crippen LogP contribution in [0.2, 0.25) is 0 Å². The van der Waals surface area contributed by atoms with E-state index in [0.717, 1.165) is 37.5 Å². The molecular weight excluding hydrogens is 602 g/mol. The van der Waals surface area contributed by atoms with Crippen LogP contribution in [0.3, 0.4) is 0 Å². The van der Waals surface area contributed by atoms with Crippen LogP contribution in [0.1, 0.15) is 228 Å². The molecule has 0 fully saturated rings. The number of hydrogen-bond donors (Lipinski definition) is 0. The molecule has 1 atom stereocenters. The number of esters is 1. The molecule has 0 aromatic carbocycles. The molecule has 0 aromatic rings. The van der Waals surface area contributed by atoms with Crippen LogP contribution < -0.4 is 0 Å². The van der Waals surface area contributed by atoms with Crippen LogP contribution in [-0.4, -0.2) is 43.7 Å². The van der Waals surface area contributed by atoms with Crippen molar-refractivity contribution in [3.05, 3.63) is 12.3 Å². The lowest BCUT2D eigenvalue weighted by molar-refractivity contribution is -0.146. The Balaban J connectivity index is 4.28. The van der Waals surface area contributed by atoms with E-state index in [-0.39, 0.29) is 11.4 Å². The van der Waals surface area contributed by atoms with Crippen molar-refractivity contribution in [3.8, 4) is 0 Å². The van der Waals surface area contributed by atoms with Gasteiger partial charge in [0, 0.05) is 13.0 Å². The molecule has 0 saturated heterocycles. The van der Waals surface area contributed by atoms with Crippen molar-refractivity contribution in [1.29, 1.82) is 0 Å². The quantitative estimate of drug-likeness (QED) is 0.0365. The van der Waals surface area contributed by atoms with Crippen molar-refractivity contribution in [2.75, 3.05) is 32.8 Å². The first kappa shape index (κ1) is 48.0. The second-order valence-corrected chi connectivity index (χ2v) is 16.5. The average Bonchev–Trinajstić information content (AvgIpc) is 3.05. The summed E-state index contributed by atoms with van der Waals surface area (Å²) in [7, 11) is 0. The average molecular weight is 692 g/mol. The van der Waals surface area contributed by atoms with Gasteiger partial charge in [0.15, 0.2) is 0 Å². The van der Waals surface area contributed by atoms with Gasteiger partial charge in [-0.15, -0.1) is 0 Å². The predicted molar refractivity (Wildman–Crippen MR) is 216 cm³/mol. The Hall–Kier alpha value is -1.03. The highest BCUT2D eigenvalue weighted by Gasteiger charge is 2.24. The minimum atomic E-state index is -0.195. The Labute approximate surface area is 308 Å². The summed E-state index contributed by atoms with van der Waals surface area (Å²) < 4.78 is 11.5. The molecule has 0 rings (SSSR count). The van der Waals surface area contributed by atoms with E-state index in [9.17, 15) is 4.79 Å². The van der Waals surface area contributed by atoms with E-state index in [4.69, 9.17) is 9.47 Å². The Morgan fingerprint density at radius 2 is 0.939 bits per heavy atom. The smallest absolute Gasteiger partial charge is 0.306 e. The molecule has 0 bridgehead atoms. The van der Waals surface area contributed by atoms with Crippen molar-refractivity contribution in [2.24, 2.45) is 11.3 Å².